The average Bonchev–Trinajstić information content (AvgIpc) is 3.50. The summed E-state index contributed by atoms with van der Waals surface area (Å²) in [4.78, 5) is 40.4. The lowest BCUT2D eigenvalue weighted by molar-refractivity contribution is 0.0644. The second kappa shape index (κ2) is 11.7. The molecule has 208 valence electrons. The van der Waals surface area contributed by atoms with E-state index in [-0.39, 0.29) is 43.5 Å². The Morgan fingerprint density at radius 1 is 0.875 bits per heavy atom. The molecule has 0 saturated heterocycles. The number of rotatable bonds is 10. The zero-order chi connectivity index (χ0) is 27.5. The van der Waals surface area contributed by atoms with Crippen molar-refractivity contribution in [2.24, 2.45) is 11.8 Å². The van der Waals surface area contributed by atoms with Gasteiger partial charge in [0, 0.05) is 12.6 Å². The van der Waals surface area contributed by atoms with E-state index in [1.807, 2.05) is 30.3 Å². The van der Waals surface area contributed by atoms with Crippen molar-refractivity contribution in [1.29, 1.82) is 0 Å². The Balaban J connectivity index is 1.15. The highest BCUT2D eigenvalue weighted by Gasteiger charge is 2.36. The molecule has 2 heterocycles. The first-order valence-electron chi connectivity index (χ1n) is 14.6. The number of amides is 3. The fraction of sp³-hybridized carbons (Fsp3) is 0.438. The van der Waals surface area contributed by atoms with Gasteiger partial charge in [-0.1, -0.05) is 74.6 Å². The van der Waals surface area contributed by atoms with Crippen molar-refractivity contribution in [3.63, 3.8) is 0 Å². The molecule has 2 saturated carbocycles. The fourth-order valence-electron chi connectivity index (χ4n) is 6.34. The number of hydrogen-bond acceptors (Lipinski definition) is 5. The molecule has 2 unspecified atom stereocenters. The molecule has 6 rings (SSSR count). The molecule has 8 nitrogen and oxygen atoms in total. The third-order valence-electron chi connectivity index (χ3n) is 8.76. The van der Waals surface area contributed by atoms with Crippen LogP contribution in [0, 0.1) is 11.8 Å². The van der Waals surface area contributed by atoms with Crippen molar-refractivity contribution in [3.05, 3.63) is 83.0 Å². The quantitative estimate of drug-likeness (QED) is 0.355. The molecule has 3 aliphatic rings. The van der Waals surface area contributed by atoms with Crippen LogP contribution in [0.25, 0.3) is 0 Å². The van der Waals surface area contributed by atoms with Gasteiger partial charge < -0.3 is 10.1 Å². The van der Waals surface area contributed by atoms with Gasteiger partial charge in [-0.15, -0.1) is 0 Å². The summed E-state index contributed by atoms with van der Waals surface area (Å²) in [6.45, 7) is 0.618. The topological polar surface area (TPSA) is 93.5 Å². The van der Waals surface area contributed by atoms with Gasteiger partial charge in [0.25, 0.3) is 17.7 Å². The molecule has 8 heteroatoms. The van der Waals surface area contributed by atoms with E-state index in [2.05, 4.69) is 10.4 Å². The Hall–Kier alpha value is -3.94. The number of imide groups is 1. The van der Waals surface area contributed by atoms with Crippen molar-refractivity contribution >= 4 is 17.7 Å². The Bertz CT molecular complexity index is 1340. The van der Waals surface area contributed by atoms with Crippen LogP contribution in [0.3, 0.4) is 0 Å². The lowest BCUT2D eigenvalue weighted by Gasteiger charge is -2.40. The zero-order valence-corrected chi connectivity index (χ0v) is 22.8. The lowest BCUT2D eigenvalue weighted by Crippen LogP contribution is -2.47. The predicted molar refractivity (Wildman–Crippen MR) is 150 cm³/mol. The van der Waals surface area contributed by atoms with Crippen LogP contribution in [0.5, 0.6) is 5.88 Å². The van der Waals surface area contributed by atoms with Gasteiger partial charge in [0.2, 0.25) is 5.88 Å². The number of nitrogens with one attached hydrogen (secondary N) is 1. The van der Waals surface area contributed by atoms with Gasteiger partial charge in [-0.3, -0.25) is 19.3 Å². The molecule has 1 N–H and O–H groups in total. The van der Waals surface area contributed by atoms with Crippen LogP contribution < -0.4 is 10.1 Å². The van der Waals surface area contributed by atoms with Crippen molar-refractivity contribution in [1.82, 2.24) is 20.0 Å². The molecule has 0 spiro atoms. The number of aromatic nitrogens is 2. The molecule has 2 aliphatic carbocycles. The molecule has 3 aromatic rings. The molecule has 0 radical (unpaired) electrons. The van der Waals surface area contributed by atoms with E-state index in [4.69, 9.17) is 4.74 Å². The third-order valence-corrected chi connectivity index (χ3v) is 8.76. The van der Waals surface area contributed by atoms with E-state index in [9.17, 15) is 14.4 Å². The van der Waals surface area contributed by atoms with E-state index in [0.717, 1.165) is 17.9 Å². The Morgan fingerprint density at radius 3 is 2.25 bits per heavy atom. The van der Waals surface area contributed by atoms with E-state index in [0.29, 0.717) is 28.5 Å². The minimum absolute atomic E-state index is 0.128. The molecule has 3 amide bonds. The maximum Gasteiger partial charge on any atom is 0.261 e. The van der Waals surface area contributed by atoms with Gasteiger partial charge >= 0.3 is 0 Å². The normalized spacial score (nSPS) is 20.8. The number of nitrogens with zero attached hydrogens (tertiary/aromatic N) is 3. The highest BCUT2D eigenvalue weighted by molar-refractivity contribution is 6.21. The lowest BCUT2D eigenvalue weighted by atomic mass is 9.71. The zero-order valence-electron chi connectivity index (χ0n) is 22.8. The first kappa shape index (κ1) is 26.3. The van der Waals surface area contributed by atoms with E-state index < -0.39 is 0 Å². The summed E-state index contributed by atoms with van der Waals surface area (Å²) in [5, 5.41) is 7.71. The van der Waals surface area contributed by atoms with Gasteiger partial charge in [-0.25, -0.2) is 4.68 Å². The highest BCUT2D eigenvalue weighted by atomic mass is 16.5. The first-order valence-corrected chi connectivity index (χ1v) is 14.6. The Kier molecular flexibility index (Phi) is 7.66. The Labute approximate surface area is 234 Å². The third kappa shape index (κ3) is 5.40. The minimum Gasteiger partial charge on any atom is -0.472 e. The van der Waals surface area contributed by atoms with Crippen LogP contribution >= 0.6 is 0 Å². The maximum absolute atomic E-state index is 13.5. The number of carbonyl (C=O) groups excluding carboxylic acids is 3. The number of hydrogen-bond donors (Lipinski definition) is 1. The molecule has 2 aromatic carbocycles. The van der Waals surface area contributed by atoms with Crippen LogP contribution in [0.2, 0.25) is 0 Å². The van der Waals surface area contributed by atoms with Crippen LogP contribution in [-0.4, -0.2) is 45.0 Å². The molecule has 1 aliphatic heterocycles. The predicted octanol–water partition coefficient (Wildman–Crippen LogP) is 5.24. The number of carbonyl (C=O) groups is 3. The SMILES string of the molecule is O=C(NC1CCC1CC1CCCCC1)c1cnn(CCN2C(=O)c3ccccc3C2=O)c1OCc1ccccc1. The summed E-state index contributed by atoms with van der Waals surface area (Å²) in [6, 6.07) is 16.8. The van der Waals surface area contributed by atoms with Crippen molar-refractivity contribution in [2.45, 2.75) is 70.6 Å². The van der Waals surface area contributed by atoms with Gasteiger partial charge in [0.15, 0.2) is 0 Å². The minimum atomic E-state index is -0.313. The van der Waals surface area contributed by atoms with Crippen LogP contribution in [0.4, 0.5) is 0 Å². The van der Waals surface area contributed by atoms with Crippen LogP contribution in [0.1, 0.15) is 88.0 Å². The van der Waals surface area contributed by atoms with E-state index in [1.165, 1.54) is 56.0 Å². The standard InChI is InChI=1S/C32H36N4O4/c37-29(34-28-16-15-24(28)19-22-9-3-1-4-10-22)27-20-33-36(32(27)40-21-23-11-5-2-6-12-23)18-17-35-30(38)25-13-7-8-14-26(25)31(35)39/h2,5-8,11-14,20,22,24,28H,1,3-4,9-10,15-19,21H2,(H,34,37). The largest absolute Gasteiger partial charge is 0.472 e. The number of ether oxygens (including phenoxy) is 1. The summed E-state index contributed by atoms with van der Waals surface area (Å²) in [6.07, 6.45) is 11.5. The molecule has 2 atom stereocenters. The maximum atomic E-state index is 13.5. The monoisotopic (exact) mass is 540 g/mol. The van der Waals surface area contributed by atoms with Crippen molar-refractivity contribution < 1.29 is 19.1 Å². The summed E-state index contributed by atoms with van der Waals surface area (Å²) >= 11 is 0. The summed E-state index contributed by atoms with van der Waals surface area (Å²) in [5.74, 6) is 0.852. The van der Waals surface area contributed by atoms with Gasteiger partial charge in [0.1, 0.15) is 12.2 Å². The number of fused-ring (bicyclic) bond motifs is 1. The second-order valence-corrected chi connectivity index (χ2v) is 11.3. The van der Waals surface area contributed by atoms with Gasteiger partial charge in [0.05, 0.1) is 23.9 Å². The number of benzene rings is 2. The Morgan fingerprint density at radius 2 is 1.57 bits per heavy atom. The van der Waals surface area contributed by atoms with Crippen molar-refractivity contribution in [2.75, 3.05) is 6.54 Å². The molecule has 40 heavy (non-hydrogen) atoms. The van der Waals surface area contributed by atoms with Crippen LogP contribution in [-0.2, 0) is 13.2 Å². The highest BCUT2D eigenvalue weighted by Crippen LogP contribution is 2.38. The van der Waals surface area contributed by atoms with Gasteiger partial charge in [-0.05, 0) is 48.8 Å². The van der Waals surface area contributed by atoms with Crippen molar-refractivity contribution in [3.8, 4) is 5.88 Å². The van der Waals surface area contributed by atoms with Gasteiger partial charge in [-0.2, -0.15) is 5.10 Å². The molecular weight excluding hydrogens is 504 g/mol. The smallest absolute Gasteiger partial charge is 0.261 e. The average molecular weight is 541 g/mol. The summed E-state index contributed by atoms with van der Waals surface area (Å²) < 4.78 is 7.76. The molecule has 1 aromatic heterocycles. The first-order chi connectivity index (χ1) is 19.6. The summed E-state index contributed by atoms with van der Waals surface area (Å²) in [5.41, 5.74) is 2.17. The summed E-state index contributed by atoms with van der Waals surface area (Å²) in [7, 11) is 0. The molecular formula is C32H36N4O4. The fourth-order valence-corrected chi connectivity index (χ4v) is 6.34. The molecule has 2 fully saturated rings. The van der Waals surface area contributed by atoms with E-state index >= 15 is 0 Å². The van der Waals surface area contributed by atoms with E-state index in [1.54, 1.807) is 28.9 Å². The molecule has 0 bridgehead atoms. The second-order valence-electron chi connectivity index (χ2n) is 11.3. The van der Waals surface area contributed by atoms with Crippen LogP contribution in [0.15, 0.2) is 60.8 Å².